The summed E-state index contributed by atoms with van der Waals surface area (Å²) in [5.41, 5.74) is 0.740. The molecule has 0 aliphatic heterocycles. The van der Waals surface area contributed by atoms with Gasteiger partial charge in [-0.1, -0.05) is 25.1 Å². The van der Waals surface area contributed by atoms with Crippen molar-refractivity contribution in [3.63, 3.8) is 0 Å². The summed E-state index contributed by atoms with van der Waals surface area (Å²) in [5.74, 6) is 0.599. The monoisotopic (exact) mass is 236 g/mol. The number of pyridine rings is 1. The molecular formula is C13H20N2O2. The number of oxime groups is 1. The van der Waals surface area contributed by atoms with E-state index in [1.807, 2.05) is 18.2 Å². The van der Waals surface area contributed by atoms with E-state index >= 15 is 0 Å². The number of nitrogens with zero attached hydrogens (tertiary/aromatic N) is 2. The van der Waals surface area contributed by atoms with Crippen molar-refractivity contribution in [2.75, 3.05) is 6.61 Å². The van der Waals surface area contributed by atoms with E-state index in [4.69, 9.17) is 4.84 Å². The maximum atomic E-state index is 9.58. The summed E-state index contributed by atoms with van der Waals surface area (Å²) in [6, 6.07) is 5.56. The maximum Gasteiger partial charge on any atom is 0.143 e. The topological polar surface area (TPSA) is 54.7 Å². The average Bonchev–Trinajstić information content (AvgIpc) is 2.33. The van der Waals surface area contributed by atoms with Gasteiger partial charge in [-0.05, 0) is 30.9 Å². The number of aromatic nitrogens is 1. The summed E-state index contributed by atoms with van der Waals surface area (Å²) in [7, 11) is 0. The smallest absolute Gasteiger partial charge is 0.143 e. The summed E-state index contributed by atoms with van der Waals surface area (Å²) >= 11 is 0. The fraction of sp³-hybridized carbons (Fsp3) is 0.538. The molecule has 0 aromatic carbocycles. The molecule has 0 saturated heterocycles. The zero-order valence-corrected chi connectivity index (χ0v) is 10.4. The molecule has 1 aromatic rings. The van der Waals surface area contributed by atoms with Crippen LogP contribution in [-0.4, -0.2) is 29.0 Å². The van der Waals surface area contributed by atoms with Crippen molar-refractivity contribution in [1.82, 2.24) is 4.98 Å². The third-order valence-electron chi connectivity index (χ3n) is 2.29. The second-order valence-corrected chi connectivity index (χ2v) is 4.41. The summed E-state index contributed by atoms with van der Waals surface area (Å²) in [6.07, 6.45) is 4.53. The van der Waals surface area contributed by atoms with Gasteiger partial charge in [0, 0.05) is 6.20 Å². The van der Waals surface area contributed by atoms with Crippen molar-refractivity contribution in [3.8, 4) is 0 Å². The van der Waals surface area contributed by atoms with Crippen LogP contribution in [0.2, 0.25) is 0 Å². The van der Waals surface area contributed by atoms with Gasteiger partial charge in [-0.3, -0.25) is 4.98 Å². The molecule has 94 valence electrons. The molecule has 1 heterocycles. The summed E-state index contributed by atoms with van der Waals surface area (Å²) < 4.78 is 0. The molecule has 1 rings (SSSR count). The van der Waals surface area contributed by atoms with Crippen LogP contribution < -0.4 is 0 Å². The first-order valence-electron chi connectivity index (χ1n) is 5.93. The van der Waals surface area contributed by atoms with E-state index in [0.29, 0.717) is 5.92 Å². The van der Waals surface area contributed by atoms with Crippen LogP contribution in [0.3, 0.4) is 0 Å². The molecule has 0 saturated carbocycles. The minimum atomic E-state index is -0.446. The van der Waals surface area contributed by atoms with Crippen LogP contribution in [0.1, 0.15) is 32.4 Å². The molecule has 0 amide bonds. The molecule has 1 unspecified atom stereocenters. The summed E-state index contributed by atoms with van der Waals surface area (Å²) in [4.78, 5) is 9.07. The fourth-order valence-electron chi connectivity index (χ4n) is 1.28. The molecular weight excluding hydrogens is 216 g/mol. The number of rotatable bonds is 7. The van der Waals surface area contributed by atoms with E-state index in [1.54, 1.807) is 6.20 Å². The third kappa shape index (κ3) is 6.68. The summed E-state index contributed by atoms with van der Waals surface area (Å²) in [6.45, 7) is 4.50. The third-order valence-corrected chi connectivity index (χ3v) is 2.29. The van der Waals surface area contributed by atoms with Crippen LogP contribution >= 0.6 is 0 Å². The number of hydrogen-bond donors (Lipinski definition) is 1. The van der Waals surface area contributed by atoms with Crippen LogP contribution in [0.15, 0.2) is 29.6 Å². The van der Waals surface area contributed by atoms with Gasteiger partial charge in [0.05, 0.1) is 18.0 Å². The van der Waals surface area contributed by atoms with Crippen molar-refractivity contribution >= 4 is 6.21 Å². The average molecular weight is 236 g/mol. The fourth-order valence-corrected chi connectivity index (χ4v) is 1.28. The lowest BCUT2D eigenvalue weighted by molar-refractivity contribution is 0.0337. The SMILES string of the molecule is CC(C)CCC(O)CO/N=C/c1ccccn1. The molecule has 1 N–H and O–H groups in total. The van der Waals surface area contributed by atoms with Crippen LogP contribution in [0.4, 0.5) is 0 Å². The number of aliphatic hydroxyl groups excluding tert-OH is 1. The zero-order chi connectivity index (χ0) is 12.5. The van der Waals surface area contributed by atoms with Gasteiger partial charge in [0.15, 0.2) is 0 Å². The lowest BCUT2D eigenvalue weighted by Crippen LogP contribution is -2.14. The number of hydrogen-bond acceptors (Lipinski definition) is 4. The molecule has 1 atom stereocenters. The minimum absolute atomic E-state index is 0.232. The Kier molecular flexibility index (Phi) is 6.25. The highest BCUT2D eigenvalue weighted by molar-refractivity contribution is 5.76. The quantitative estimate of drug-likeness (QED) is 0.583. The van der Waals surface area contributed by atoms with Gasteiger partial charge in [0.2, 0.25) is 0 Å². The molecule has 0 aliphatic rings. The minimum Gasteiger partial charge on any atom is -0.393 e. The first-order chi connectivity index (χ1) is 8.18. The van der Waals surface area contributed by atoms with Crippen molar-refractivity contribution < 1.29 is 9.94 Å². The Labute approximate surface area is 102 Å². The lowest BCUT2D eigenvalue weighted by Gasteiger charge is -2.10. The van der Waals surface area contributed by atoms with Crippen LogP contribution in [-0.2, 0) is 4.84 Å². The van der Waals surface area contributed by atoms with Gasteiger partial charge < -0.3 is 9.94 Å². The number of aliphatic hydroxyl groups is 1. The van der Waals surface area contributed by atoms with Gasteiger partial charge in [-0.15, -0.1) is 0 Å². The van der Waals surface area contributed by atoms with Crippen LogP contribution in [0.25, 0.3) is 0 Å². The Balaban J connectivity index is 2.17. The zero-order valence-electron chi connectivity index (χ0n) is 10.4. The highest BCUT2D eigenvalue weighted by atomic mass is 16.6. The molecule has 0 spiro atoms. The van der Waals surface area contributed by atoms with Gasteiger partial charge in [-0.2, -0.15) is 0 Å². The van der Waals surface area contributed by atoms with E-state index in [9.17, 15) is 5.11 Å². The van der Waals surface area contributed by atoms with Crippen molar-refractivity contribution in [2.45, 2.75) is 32.8 Å². The standard InChI is InChI=1S/C13H20N2O2/c1-11(2)6-7-13(16)10-17-15-9-12-5-3-4-8-14-12/h3-5,8-9,11,13,16H,6-7,10H2,1-2H3/b15-9+. The van der Waals surface area contributed by atoms with E-state index in [2.05, 4.69) is 24.0 Å². The predicted molar refractivity (Wildman–Crippen MR) is 67.9 cm³/mol. The Hall–Kier alpha value is -1.42. The molecule has 4 nitrogen and oxygen atoms in total. The first kappa shape index (κ1) is 13.6. The Morgan fingerprint density at radius 1 is 1.41 bits per heavy atom. The molecule has 17 heavy (non-hydrogen) atoms. The molecule has 0 bridgehead atoms. The predicted octanol–water partition coefficient (Wildman–Crippen LogP) is 2.23. The Morgan fingerprint density at radius 3 is 2.88 bits per heavy atom. The van der Waals surface area contributed by atoms with Crippen molar-refractivity contribution in [3.05, 3.63) is 30.1 Å². The van der Waals surface area contributed by atoms with Crippen molar-refractivity contribution in [1.29, 1.82) is 0 Å². The second-order valence-electron chi connectivity index (χ2n) is 4.41. The molecule has 0 fully saturated rings. The van der Waals surface area contributed by atoms with Gasteiger partial charge in [-0.25, -0.2) is 0 Å². The highest BCUT2D eigenvalue weighted by Crippen LogP contribution is 2.06. The maximum absolute atomic E-state index is 9.58. The Morgan fingerprint density at radius 2 is 2.24 bits per heavy atom. The molecule has 4 heteroatoms. The summed E-state index contributed by atoms with van der Waals surface area (Å²) in [5, 5.41) is 13.3. The molecule has 0 aliphatic carbocycles. The molecule has 1 aromatic heterocycles. The van der Waals surface area contributed by atoms with Crippen LogP contribution in [0.5, 0.6) is 0 Å². The van der Waals surface area contributed by atoms with E-state index in [-0.39, 0.29) is 6.61 Å². The highest BCUT2D eigenvalue weighted by Gasteiger charge is 2.05. The Bertz CT molecular complexity index is 325. The van der Waals surface area contributed by atoms with E-state index < -0.39 is 6.10 Å². The van der Waals surface area contributed by atoms with Gasteiger partial charge in [0.1, 0.15) is 6.61 Å². The normalized spacial score (nSPS) is 13.2. The molecule has 0 radical (unpaired) electrons. The van der Waals surface area contributed by atoms with Gasteiger partial charge in [0.25, 0.3) is 0 Å². The van der Waals surface area contributed by atoms with Crippen molar-refractivity contribution in [2.24, 2.45) is 11.1 Å². The lowest BCUT2D eigenvalue weighted by atomic mass is 10.1. The largest absolute Gasteiger partial charge is 0.393 e. The van der Waals surface area contributed by atoms with Crippen LogP contribution in [0, 0.1) is 5.92 Å². The first-order valence-corrected chi connectivity index (χ1v) is 5.93. The second kappa shape index (κ2) is 7.79. The van der Waals surface area contributed by atoms with E-state index in [1.165, 1.54) is 6.21 Å². The van der Waals surface area contributed by atoms with E-state index in [0.717, 1.165) is 18.5 Å². The van der Waals surface area contributed by atoms with Gasteiger partial charge >= 0.3 is 0 Å².